The monoisotopic (exact) mass is 337 g/mol. The molecule has 3 aromatic rings. The number of nitrogens with two attached hydrogens (primary N) is 1. The zero-order chi connectivity index (χ0) is 17.4. The zero-order valence-corrected chi connectivity index (χ0v) is 14.6. The van der Waals surface area contributed by atoms with Gasteiger partial charge in [-0.3, -0.25) is 0 Å². The first-order chi connectivity index (χ1) is 12.1. The van der Waals surface area contributed by atoms with Gasteiger partial charge in [-0.1, -0.05) is 0 Å². The second-order valence-corrected chi connectivity index (χ2v) is 6.65. The van der Waals surface area contributed by atoms with Crippen molar-refractivity contribution in [3.05, 3.63) is 36.2 Å². The van der Waals surface area contributed by atoms with Crippen LogP contribution in [0.15, 0.2) is 30.6 Å². The summed E-state index contributed by atoms with van der Waals surface area (Å²) in [5.74, 6) is 1.57. The van der Waals surface area contributed by atoms with Crippen molar-refractivity contribution < 1.29 is 0 Å². The van der Waals surface area contributed by atoms with Gasteiger partial charge in [0.25, 0.3) is 0 Å². The topological polar surface area (TPSA) is 84.9 Å². The van der Waals surface area contributed by atoms with Crippen molar-refractivity contribution >= 4 is 22.5 Å². The van der Waals surface area contributed by atoms with Crippen LogP contribution >= 0.6 is 0 Å². The van der Waals surface area contributed by atoms with E-state index in [1.165, 1.54) is 0 Å². The van der Waals surface area contributed by atoms with Gasteiger partial charge >= 0.3 is 0 Å². The molecule has 0 aliphatic carbocycles. The Labute approximate surface area is 146 Å². The van der Waals surface area contributed by atoms with E-state index >= 15 is 0 Å². The summed E-state index contributed by atoms with van der Waals surface area (Å²) < 4.78 is 1.87. The molecule has 1 unspecified atom stereocenters. The molecule has 0 amide bonds. The molecular formula is C18H23N7. The van der Waals surface area contributed by atoms with Gasteiger partial charge in [0.2, 0.25) is 5.95 Å². The zero-order valence-electron chi connectivity index (χ0n) is 14.6. The second kappa shape index (κ2) is 6.33. The lowest BCUT2D eigenvalue weighted by molar-refractivity contribution is 0.618. The maximum Gasteiger partial charge on any atom is 0.227 e. The fourth-order valence-electron chi connectivity index (χ4n) is 3.31. The van der Waals surface area contributed by atoms with Crippen molar-refractivity contribution in [1.29, 1.82) is 0 Å². The Balaban J connectivity index is 1.79. The minimum absolute atomic E-state index is 0.354. The van der Waals surface area contributed by atoms with Crippen molar-refractivity contribution in [2.45, 2.75) is 26.3 Å². The summed E-state index contributed by atoms with van der Waals surface area (Å²) in [4.78, 5) is 11.7. The number of nitrogens with one attached hydrogen (secondary N) is 1. The van der Waals surface area contributed by atoms with Crippen molar-refractivity contribution in [2.75, 3.05) is 30.3 Å². The van der Waals surface area contributed by atoms with Gasteiger partial charge in [-0.05, 0) is 45.0 Å². The minimum Gasteiger partial charge on any atom is -0.399 e. The van der Waals surface area contributed by atoms with Crippen LogP contribution in [0, 0.1) is 6.92 Å². The minimum atomic E-state index is 0.354. The van der Waals surface area contributed by atoms with Crippen LogP contribution in [0.2, 0.25) is 0 Å². The molecule has 1 aliphatic heterocycles. The highest BCUT2D eigenvalue weighted by atomic mass is 15.3. The molecule has 3 N–H and O–H groups in total. The van der Waals surface area contributed by atoms with Crippen molar-refractivity contribution in [3.8, 4) is 5.82 Å². The lowest BCUT2D eigenvalue weighted by atomic mass is 10.2. The summed E-state index contributed by atoms with van der Waals surface area (Å²) in [7, 11) is 0. The quantitative estimate of drug-likeness (QED) is 0.695. The lowest BCUT2D eigenvalue weighted by Gasteiger charge is -2.27. The van der Waals surface area contributed by atoms with Crippen LogP contribution in [0.4, 0.5) is 11.6 Å². The molecule has 130 valence electrons. The molecule has 1 aromatic carbocycles. The van der Waals surface area contributed by atoms with Crippen LogP contribution in [-0.2, 0) is 0 Å². The van der Waals surface area contributed by atoms with E-state index in [-0.39, 0.29) is 0 Å². The molecule has 1 aliphatic rings. The molecule has 0 radical (unpaired) electrons. The van der Waals surface area contributed by atoms with Gasteiger partial charge in [-0.15, -0.1) is 0 Å². The number of hydrogen-bond donors (Lipinski definition) is 2. The first-order valence-corrected chi connectivity index (χ1v) is 8.68. The van der Waals surface area contributed by atoms with E-state index in [0.717, 1.165) is 60.0 Å². The third-order valence-corrected chi connectivity index (χ3v) is 4.71. The van der Waals surface area contributed by atoms with Crippen LogP contribution in [0.3, 0.4) is 0 Å². The number of nitrogen functional groups attached to an aromatic ring is 1. The normalized spacial score (nSPS) is 18.5. The summed E-state index contributed by atoms with van der Waals surface area (Å²) in [6.07, 6.45) is 4.79. The summed E-state index contributed by atoms with van der Waals surface area (Å²) >= 11 is 0. The van der Waals surface area contributed by atoms with Gasteiger partial charge in [-0.2, -0.15) is 10.1 Å². The Hall–Kier alpha value is -2.67. The third-order valence-electron chi connectivity index (χ3n) is 4.71. The molecule has 1 atom stereocenters. The molecule has 0 spiro atoms. The van der Waals surface area contributed by atoms with Gasteiger partial charge in [0.05, 0.1) is 11.7 Å². The smallest absolute Gasteiger partial charge is 0.227 e. The number of nitrogens with zero attached hydrogens (tertiary/aromatic N) is 5. The highest BCUT2D eigenvalue weighted by molar-refractivity contribution is 5.83. The molecule has 0 bridgehead atoms. The number of rotatable bonds is 2. The van der Waals surface area contributed by atoms with Crippen LogP contribution < -0.4 is 16.0 Å². The summed E-state index contributed by atoms with van der Waals surface area (Å²) in [5, 5.41) is 8.99. The maximum absolute atomic E-state index is 5.88. The Bertz CT molecular complexity index is 902. The Morgan fingerprint density at radius 1 is 1.28 bits per heavy atom. The number of hydrogen-bond acceptors (Lipinski definition) is 6. The first-order valence-electron chi connectivity index (χ1n) is 8.68. The van der Waals surface area contributed by atoms with Crippen molar-refractivity contribution in [2.24, 2.45) is 0 Å². The van der Waals surface area contributed by atoms with Crippen molar-refractivity contribution in [3.63, 3.8) is 0 Å². The molecule has 7 heteroatoms. The summed E-state index contributed by atoms with van der Waals surface area (Å²) in [5.41, 5.74) is 8.60. The van der Waals surface area contributed by atoms with Gasteiger partial charge in [0, 0.05) is 42.0 Å². The van der Waals surface area contributed by atoms with E-state index in [1.54, 1.807) is 0 Å². The van der Waals surface area contributed by atoms with Crippen LogP contribution in [0.25, 0.3) is 16.7 Å². The number of fused-ring (bicyclic) bond motifs is 1. The Morgan fingerprint density at radius 2 is 2.16 bits per heavy atom. The van der Waals surface area contributed by atoms with Crippen LogP contribution in [-0.4, -0.2) is 45.4 Å². The fourth-order valence-corrected chi connectivity index (χ4v) is 3.31. The van der Waals surface area contributed by atoms with E-state index < -0.39 is 0 Å². The summed E-state index contributed by atoms with van der Waals surface area (Å²) in [6, 6.07) is 6.16. The molecule has 1 saturated heterocycles. The Kier molecular flexibility index (Phi) is 4.01. The number of aromatic nitrogens is 4. The average Bonchev–Trinajstić information content (AvgIpc) is 2.89. The molecule has 0 saturated carbocycles. The molecule has 7 nitrogen and oxygen atoms in total. The number of aryl methyl sites for hydroxylation is 1. The van der Waals surface area contributed by atoms with Gasteiger partial charge in [-0.25, -0.2) is 9.67 Å². The molecule has 25 heavy (non-hydrogen) atoms. The van der Waals surface area contributed by atoms with Crippen LogP contribution in [0.5, 0.6) is 0 Å². The third kappa shape index (κ3) is 2.91. The van der Waals surface area contributed by atoms with E-state index in [0.29, 0.717) is 6.04 Å². The average molecular weight is 337 g/mol. The van der Waals surface area contributed by atoms with E-state index in [4.69, 9.17) is 10.7 Å². The molecule has 2 aromatic heterocycles. The SMILES string of the molecule is Cc1cnc(N2CCCNCC2C)nc1-n1ncc2cc(N)ccc21. The molecule has 4 rings (SSSR count). The molecular weight excluding hydrogens is 314 g/mol. The number of benzene rings is 1. The number of anilines is 2. The van der Waals surface area contributed by atoms with E-state index in [9.17, 15) is 0 Å². The largest absolute Gasteiger partial charge is 0.399 e. The van der Waals surface area contributed by atoms with Crippen molar-refractivity contribution in [1.82, 2.24) is 25.1 Å². The summed E-state index contributed by atoms with van der Waals surface area (Å²) in [6.45, 7) is 7.14. The predicted octanol–water partition coefficient (Wildman–Crippen LogP) is 1.89. The Morgan fingerprint density at radius 3 is 3.04 bits per heavy atom. The lowest BCUT2D eigenvalue weighted by Crippen LogP contribution is -2.38. The highest BCUT2D eigenvalue weighted by Crippen LogP contribution is 2.23. The van der Waals surface area contributed by atoms with Gasteiger partial charge in [0.1, 0.15) is 0 Å². The van der Waals surface area contributed by atoms with Gasteiger partial charge < -0.3 is 16.0 Å². The first kappa shape index (κ1) is 15.8. The van der Waals surface area contributed by atoms with E-state index in [2.05, 4.69) is 27.2 Å². The fraction of sp³-hybridized carbons (Fsp3) is 0.389. The standard InChI is InChI=1S/C18H23N7/c1-12-9-21-18(24-7-3-6-20-10-13(24)2)23-17(12)25-16-5-4-15(19)8-14(16)11-22-25/h4-5,8-9,11,13,20H,3,6-7,10,19H2,1-2H3. The molecule has 1 fully saturated rings. The second-order valence-electron chi connectivity index (χ2n) is 6.65. The van der Waals surface area contributed by atoms with Gasteiger partial charge in [0.15, 0.2) is 5.82 Å². The van der Waals surface area contributed by atoms with E-state index in [1.807, 2.05) is 42.2 Å². The molecule has 3 heterocycles. The highest BCUT2D eigenvalue weighted by Gasteiger charge is 2.21. The maximum atomic E-state index is 5.88. The van der Waals surface area contributed by atoms with Crippen LogP contribution in [0.1, 0.15) is 18.9 Å². The predicted molar refractivity (Wildman–Crippen MR) is 100 cm³/mol.